The van der Waals surface area contributed by atoms with Crippen molar-refractivity contribution in [2.24, 2.45) is 0 Å². The monoisotopic (exact) mass is 113 g/mol. The Labute approximate surface area is 68.1 Å². The topological polar surface area (TPSA) is 32.3 Å². The normalized spacial score (nSPS) is 18.4. The quantitative estimate of drug-likeness (QED) is 0.323. The van der Waals surface area contributed by atoms with Crippen molar-refractivity contribution in [3.63, 3.8) is 0 Å². The second kappa shape index (κ2) is 5.06. The van der Waals surface area contributed by atoms with Crippen LogP contribution in [0.25, 0.3) is 0 Å². The number of rotatable bonds is 0. The molecule has 0 aliphatic carbocycles. The van der Waals surface area contributed by atoms with E-state index in [1.807, 2.05) is 0 Å². The molecule has 40 valence electrons. The number of aliphatic hydroxyl groups excluding tert-OH is 1. The first-order valence-corrected chi connectivity index (χ1v) is 1.78. The van der Waals surface area contributed by atoms with Crippen LogP contribution < -0.4 is 34.9 Å². The number of nitrogens with one attached hydrogen (secondary N) is 1. The summed E-state index contributed by atoms with van der Waals surface area (Å²) in [6.07, 6.45) is -0.0463. The summed E-state index contributed by atoms with van der Waals surface area (Å²) in [6, 6.07) is 0. The van der Waals surface area contributed by atoms with Crippen molar-refractivity contribution in [1.29, 1.82) is 0 Å². The van der Waals surface area contributed by atoms with Gasteiger partial charge in [-0.15, -0.1) is 0 Å². The van der Waals surface area contributed by atoms with Crippen molar-refractivity contribution in [1.82, 2.24) is 5.32 Å². The molecule has 0 spiro atoms. The van der Waals surface area contributed by atoms with Crippen LogP contribution in [0.2, 0.25) is 0 Å². The summed E-state index contributed by atoms with van der Waals surface area (Å²) < 4.78 is 0. The molecule has 0 aromatic carbocycles. The van der Waals surface area contributed by atoms with E-state index in [1.165, 1.54) is 0 Å². The largest absolute Gasteiger partial charge is 1.00 e. The van der Waals surface area contributed by atoms with Crippen molar-refractivity contribution < 1.29 is 36.1 Å². The smallest absolute Gasteiger partial charge is 1.00 e. The predicted molar refractivity (Wildman–Crippen MR) is 26.7 cm³/mol. The summed E-state index contributed by atoms with van der Waals surface area (Å²) in [4.78, 5) is 0. The first-order chi connectivity index (χ1) is 2.39. The van der Waals surface area contributed by atoms with Crippen molar-refractivity contribution in [2.75, 3.05) is 13.1 Å². The summed E-state index contributed by atoms with van der Waals surface area (Å²) >= 11 is 0. The average molecular weight is 113 g/mol. The van der Waals surface area contributed by atoms with Crippen molar-refractivity contribution in [3.05, 3.63) is 0 Å². The Morgan fingerprint density at radius 3 is 1.86 bits per heavy atom. The van der Waals surface area contributed by atoms with Crippen LogP contribution in [-0.2, 0) is 0 Å². The van der Waals surface area contributed by atoms with E-state index in [2.05, 4.69) is 5.32 Å². The second-order valence-electron chi connectivity index (χ2n) is 1.31. The average Bonchev–Trinajstić information content (AvgIpc) is 1.30. The van der Waals surface area contributed by atoms with E-state index in [0.29, 0.717) is 0 Å². The van der Waals surface area contributed by atoms with Crippen LogP contribution in [0.3, 0.4) is 0 Å². The Kier molecular flexibility index (Phi) is 7.83. The third kappa shape index (κ3) is 3.50. The van der Waals surface area contributed by atoms with Crippen LogP contribution in [-0.4, -0.2) is 24.3 Å². The van der Waals surface area contributed by atoms with Gasteiger partial charge >= 0.3 is 29.6 Å². The maximum Gasteiger partial charge on any atom is 1.00 e. The molecule has 2 nitrogen and oxygen atoms in total. The molecule has 0 radical (unpaired) electrons. The Hall–Kier alpha value is 0.920. The van der Waals surface area contributed by atoms with Gasteiger partial charge in [0.25, 0.3) is 0 Å². The van der Waals surface area contributed by atoms with Crippen molar-refractivity contribution >= 4 is 0 Å². The summed E-state index contributed by atoms with van der Waals surface area (Å²) in [7, 11) is 0. The van der Waals surface area contributed by atoms with Crippen molar-refractivity contribution in [2.45, 2.75) is 13.5 Å². The molecule has 0 atom stereocenters. The van der Waals surface area contributed by atoms with Crippen LogP contribution in [0, 0.1) is 0 Å². The van der Waals surface area contributed by atoms with Gasteiger partial charge in [0.2, 0.25) is 0 Å². The fourth-order valence-corrected chi connectivity index (χ4v) is 0.273. The fraction of sp³-hybridized carbons (Fsp3) is 1.00. The maximum atomic E-state index is 8.39. The minimum atomic E-state index is -0.0463. The molecule has 1 saturated heterocycles. The van der Waals surface area contributed by atoms with Gasteiger partial charge in [-0.3, -0.25) is 0 Å². The van der Waals surface area contributed by atoms with Gasteiger partial charge in [0.05, 0.1) is 6.10 Å². The molecule has 1 aliphatic rings. The molecule has 1 aliphatic heterocycles. The summed E-state index contributed by atoms with van der Waals surface area (Å²) in [5.41, 5.74) is 0. The summed E-state index contributed by atoms with van der Waals surface area (Å²) in [6.45, 7) is 1.58. The molecule has 0 saturated carbocycles. The molecule has 2 N–H and O–H groups in total. The maximum absolute atomic E-state index is 8.39. The standard InChI is InChI=1S/C3H7NO.CH4.Na.H/c5-3-1-4-2-3;;;/h3-5H,1-2H2;1H4;;/q;;+1;-1. The van der Waals surface area contributed by atoms with Crippen LogP contribution >= 0.6 is 0 Å². The molecular formula is C4H12NNaO. The van der Waals surface area contributed by atoms with E-state index in [0.717, 1.165) is 13.1 Å². The molecule has 0 amide bonds. The predicted octanol–water partition coefficient (Wildman–Crippen LogP) is -3.30. The molecule has 0 aromatic rings. The van der Waals surface area contributed by atoms with Crippen molar-refractivity contribution in [3.8, 4) is 0 Å². The Morgan fingerprint density at radius 1 is 1.57 bits per heavy atom. The van der Waals surface area contributed by atoms with E-state index in [1.54, 1.807) is 0 Å². The van der Waals surface area contributed by atoms with E-state index < -0.39 is 0 Å². The molecule has 3 heteroatoms. The van der Waals surface area contributed by atoms with Gasteiger partial charge < -0.3 is 11.8 Å². The third-order valence-corrected chi connectivity index (χ3v) is 0.760. The van der Waals surface area contributed by atoms with E-state index in [-0.39, 0.29) is 44.5 Å². The number of hydrogen-bond acceptors (Lipinski definition) is 2. The zero-order valence-electron chi connectivity index (χ0n) is 4.94. The molecule has 0 unspecified atom stereocenters. The van der Waals surface area contributed by atoms with Gasteiger partial charge in [-0.2, -0.15) is 0 Å². The van der Waals surface area contributed by atoms with Crippen LogP contribution in [0.5, 0.6) is 0 Å². The minimum Gasteiger partial charge on any atom is -1.00 e. The number of hydrogen-bond donors (Lipinski definition) is 2. The summed E-state index contributed by atoms with van der Waals surface area (Å²) in [5.74, 6) is 0. The Morgan fingerprint density at radius 2 is 1.86 bits per heavy atom. The molecule has 0 aromatic heterocycles. The van der Waals surface area contributed by atoms with Gasteiger partial charge in [-0.25, -0.2) is 0 Å². The Balaban J connectivity index is -0.0000000833. The van der Waals surface area contributed by atoms with Gasteiger partial charge in [0, 0.05) is 13.1 Å². The summed E-state index contributed by atoms with van der Waals surface area (Å²) in [5, 5.41) is 11.3. The third-order valence-electron chi connectivity index (χ3n) is 0.760. The number of β-amino-alcohol motifs (C(OH)–C–C–N with tert-alkyl or cyclic N) is 1. The minimum absolute atomic E-state index is 0. The molecule has 1 heterocycles. The van der Waals surface area contributed by atoms with E-state index in [4.69, 9.17) is 5.11 Å². The first-order valence-electron chi connectivity index (χ1n) is 1.78. The van der Waals surface area contributed by atoms with Gasteiger partial charge in [-0.05, 0) is 0 Å². The molecule has 1 rings (SSSR count). The van der Waals surface area contributed by atoms with Crippen LogP contribution in [0.1, 0.15) is 8.85 Å². The molecular weight excluding hydrogens is 101 g/mol. The first kappa shape index (κ1) is 10.8. The van der Waals surface area contributed by atoms with Crippen LogP contribution in [0.15, 0.2) is 0 Å². The number of aliphatic hydroxyl groups is 1. The zero-order valence-corrected chi connectivity index (χ0v) is 5.94. The molecule has 0 bridgehead atoms. The van der Waals surface area contributed by atoms with Gasteiger partial charge in [-0.1, -0.05) is 7.43 Å². The van der Waals surface area contributed by atoms with Gasteiger partial charge in [0.15, 0.2) is 0 Å². The van der Waals surface area contributed by atoms with E-state index in [9.17, 15) is 0 Å². The van der Waals surface area contributed by atoms with Gasteiger partial charge in [0.1, 0.15) is 0 Å². The second-order valence-corrected chi connectivity index (χ2v) is 1.31. The molecule has 1 fully saturated rings. The Bertz CT molecular complexity index is 43.0. The SMILES string of the molecule is C.OC1CNC1.[H-].[Na+]. The fourth-order valence-electron chi connectivity index (χ4n) is 0.273. The van der Waals surface area contributed by atoms with E-state index >= 15 is 0 Å². The van der Waals surface area contributed by atoms with Crippen LogP contribution in [0.4, 0.5) is 0 Å². The molecule has 7 heavy (non-hydrogen) atoms. The zero-order chi connectivity index (χ0) is 3.70.